The van der Waals surface area contributed by atoms with E-state index in [1.54, 1.807) is 4.90 Å². The molecule has 0 aliphatic carbocycles. The minimum Gasteiger partial charge on any atom is -0.372 e. The van der Waals surface area contributed by atoms with Gasteiger partial charge in [-0.15, -0.1) is 0 Å². The van der Waals surface area contributed by atoms with Crippen molar-refractivity contribution in [2.24, 2.45) is 0 Å². The van der Waals surface area contributed by atoms with Crippen LogP contribution in [0.4, 0.5) is 11.4 Å². The van der Waals surface area contributed by atoms with Crippen LogP contribution in [0.25, 0.3) is 0 Å². The van der Waals surface area contributed by atoms with E-state index < -0.39 is 0 Å². The summed E-state index contributed by atoms with van der Waals surface area (Å²) in [5.74, 6) is -0.0234. The maximum atomic E-state index is 12.2. The van der Waals surface area contributed by atoms with Gasteiger partial charge in [-0.25, -0.2) is 0 Å². The molecule has 23 heavy (non-hydrogen) atoms. The molecular formula is C18H25N3O2. The molecule has 0 spiro atoms. The van der Waals surface area contributed by atoms with Crippen LogP contribution in [-0.2, 0) is 9.59 Å². The summed E-state index contributed by atoms with van der Waals surface area (Å²) in [7, 11) is 0. The maximum Gasteiger partial charge on any atom is 0.244 e. The number of likely N-dealkylation sites (tertiary alicyclic amines) is 1. The van der Waals surface area contributed by atoms with Crippen LogP contribution in [0.15, 0.2) is 18.2 Å². The minimum atomic E-state index is -0.114. The number of aryl methyl sites for hydroxylation is 1. The molecule has 2 saturated heterocycles. The van der Waals surface area contributed by atoms with Gasteiger partial charge >= 0.3 is 0 Å². The Labute approximate surface area is 137 Å². The molecule has 2 heterocycles. The Bertz CT molecular complexity index is 594. The second-order valence-electron chi connectivity index (χ2n) is 6.51. The molecule has 5 heteroatoms. The van der Waals surface area contributed by atoms with Crippen LogP contribution in [0.5, 0.6) is 0 Å². The van der Waals surface area contributed by atoms with Crippen LogP contribution in [0.3, 0.4) is 0 Å². The average Bonchev–Trinajstić information content (AvgIpc) is 3.06. The standard InChI is InChI=1S/C18H25N3O2/c1-14-12-15(20-9-4-5-10-20)7-8-16(14)19-17(22)13-21-11-3-2-6-18(21)23/h7-8,12H,2-6,9-11,13H2,1H3,(H,19,22). The topological polar surface area (TPSA) is 52.7 Å². The monoisotopic (exact) mass is 315 g/mol. The summed E-state index contributed by atoms with van der Waals surface area (Å²) in [5, 5.41) is 2.94. The van der Waals surface area contributed by atoms with Crippen LogP contribution in [-0.4, -0.2) is 42.9 Å². The van der Waals surface area contributed by atoms with Gasteiger partial charge in [0.25, 0.3) is 0 Å². The molecular weight excluding hydrogens is 290 g/mol. The van der Waals surface area contributed by atoms with Crippen molar-refractivity contribution in [3.63, 3.8) is 0 Å². The zero-order valence-electron chi connectivity index (χ0n) is 13.8. The van der Waals surface area contributed by atoms with Crippen molar-refractivity contribution in [1.82, 2.24) is 4.90 Å². The van der Waals surface area contributed by atoms with E-state index in [0.29, 0.717) is 13.0 Å². The largest absolute Gasteiger partial charge is 0.372 e. The van der Waals surface area contributed by atoms with Crippen molar-refractivity contribution in [2.75, 3.05) is 36.4 Å². The van der Waals surface area contributed by atoms with Gasteiger partial charge in [0.2, 0.25) is 11.8 Å². The van der Waals surface area contributed by atoms with Gasteiger partial charge in [-0.3, -0.25) is 9.59 Å². The van der Waals surface area contributed by atoms with E-state index >= 15 is 0 Å². The van der Waals surface area contributed by atoms with Gasteiger partial charge in [-0.2, -0.15) is 0 Å². The molecule has 3 rings (SSSR count). The molecule has 1 N–H and O–H groups in total. The molecule has 2 amide bonds. The predicted octanol–water partition coefficient (Wildman–Crippen LogP) is 2.55. The second-order valence-corrected chi connectivity index (χ2v) is 6.51. The molecule has 0 unspecified atom stereocenters. The van der Waals surface area contributed by atoms with E-state index in [1.165, 1.54) is 18.5 Å². The number of amides is 2. The number of rotatable bonds is 4. The number of piperidine rings is 1. The zero-order chi connectivity index (χ0) is 16.2. The normalized spacial score (nSPS) is 18.4. The summed E-state index contributed by atoms with van der Waals surface area (Å²) in [6, 6.07) is 6.17. The van der Waals surface area contributed by atoms with Crippen molar-refractivity contribution < 1.29 is 9.59 Å². The van der Waals surface area contributed by atoms with Gasteiger partial charge in [0.15, 0.2) is 0 Å². The van der Waals surface area contributed by atoms with Crippen LogP contribution in [0.2, 0.25) is 0 Å². The Balaban J connectivity index is 1.60. The molecule has 1 aromatic rings. The molecule has 0 radical (unpaired) electrons. The third kappa shape index (κ3) is 3.84. The lowest BCUT2D eigenvalue weighted by atomic mass is 10.1. The number of anilines is 2. The van der Waals surface area contributed by atoms with Crippen LogP contribution in [0.1, 0.15) is 37.7 Å². The molecule has 0 saturated carbocycles. The van der Waals surface area contributed by atoms with E-state index in [0.717, 1.165) is 37.2 Å². The molecule has 2 aliphatic heterocycles. The van der Waals surface area contributed by atoms with Crippen molar-refractivity contribution in [3.05, 3.63) is 23.8 Å². The first-order chi connectivity index (χ1) is 11.1. The summed E-state index contributed by atoms with van der Waals surface area (Å²) in [5.41, 5.74) is 3.12. The highest BCUT2D eigenvalue weighted by Crippen LogP contribution is 2.25. The van der Waals surface area contributed by atoms with E-state index in [1.807, 2.05) is 13.0 Å². The first-order valence-electron chi connectivity index (χ1n) is 8.57. The molecule has 2 fully saturated rings. The SMILES string of the molecule is Cc1cc(N2CCCC2)ccc1NC(=O)CN1CCCCC1=O. The van der Waals surface area contributed by atoms with E-state index in [-0.39, 0.29) is 18.4 Å². The first-order valence-corrected chi connectivity index (χ1v) is 8.57. The van der Waals surface area contributed by atoms with Crippen molar-refractivity contribution >= 4 is 23.2 Å². The summed E-state index contributed by atoms with van der Waals surface area (Å²) in [4.78, 5) is 28.0. The fourth-order valence-corrected chi connectivity index (χ4v) is 3.35. The molecule has 1 aromatic carbocycles. The highest BCUT2D eigenvalue weighted by Gasteiger charge is 2.20. The molecule has 0 atom stereocenters. The van der Waals surface area contributed by atoms with Gasteiger partial charge in [0.05, 0.1) is 6.54 Å². The Hall–Kier alpha value is -2.04. The van der Waals surface area contributed by atoms with Crippen LogP contribution < -0.4 is 10.2 Å². The lowest BCUT2D eigenvalue weighted by Crippen LogP contribution is -2.40. The quantitative estimate of drug-likeness (QED) is 0.929. The number of carbonyl (C=O) groups excluding carboxylic acids is 2. The molecule has 124 valence electrons. The number of nitrogens with one attached hydrogen (secondary N) is 1. The Morgan fingerprint density at radius 2 is 1.87 bits per heavy atom. The molecule has 5 nitrogen and oxygen atoms in total. The minimum absolute atomic E-state index is 0.0903. The van der Waals surface area contributed by atoms with Crippen molar-refractivity contribution in [1.29, 1.82) is 0 Å². The summed E-state index contributed by atoms with van der Waals surface area (Å²) in [6.07, 6.45) is 5.00. The van der Waals surface area contributed by atoms with Gasteiger partial charge in [0, 0.05) is 37.4 Å². The highest BCUT2D eigenvalue weighted by molar-refractivity contribution is 5.95. The summed E-state index contributed by atoms with van der Waals surface area (Å²) >= 11 is 0. The van der Waals surface area contributed by atoms with Gasteiger partial charge < -0.3 is 15.1 Å². The van der Waals surface area contributed by atoms with E-state index in [4.69, 9.17) is 0 Å². The number of hydrogen-bond acceptors (Lipinski definition) is 3. The number of nitrogens with zero attached hydrogens (tertiary/aromatic N) is 2. The second kappa shape index (κ2) is 7.02. The van der Waals surface area contributed by atoms with Crippen molar-refractivity contribution in [2.45, 2.75) is 39.0 Å². The molecule has 0 aromatic heterocycles. The van der Waals surface area contributed by atoms with Crippen LogP contribution in [0, 0.1) is 6.92 Å². The Morgan fingerprint density at radius 1 is 1.13 bits per heavy atom. The third-order valence-electron chi connectivity index (χ3n) is 4.71. The van der Waals surface area contributed by atoms with E-state index in [2.05, 4.69) is 22.3 Å². The zero-order valence-corrected chi connectivity index (χ0v) is 13.8. The number of hydrogen-bond donors (Lipinski definition) is 1. The third-order valence-corrected chi connectivity index (χ3v) is 4.71. The fraction of sp³-hybridized carbons (Fsp3) is 0.556. The summed E-state index contributed by atoms with van der Waals surface area (Å²) < 4.78 is 0. The van der Waals surface area contributed by atoms with Gasteiger partial charge in [-0.1, -0.05) is 0 Å². The number of carbonyl (C=O) groups is 2. The average molecular weight is 315 g/mol. The highest BCUT2D eigenvalue weighted by atomic mass is 16.2. The first kappa shape index (κ1) is 15.8. The van der Waals surface area contributed by atoms with Gasteiger partial charge in [-0.05, 0) is 56.4 Å². The Morgan fingerprint density at radius 3 is 2.57 bits per heavy atom. The maximum absolute atomic E-state index is 12.2. The molecule has 0 bridgehead atoms. The van der Waals surface area contributed by atoms with E-state index in [9.17, 15) is 9.59 Å². The summed E-state index contributed by atoms with van der Waals surface area (Å²) in [6.45, 7) is 5.09. The smallest absolute Gasteiger partial charge is 0.244 e. The lowest BCUT2D eigenvalue weighted by molar-refractivity contribution is -0.136. The number of benzene rings is 1. The Kier molecular flexibility index (Phi) is 4.84. The van der Waals surface area contributed by atoms with Crippen molar-refractivity contribution in [3.8, 4) is 0 Å². The lowest BCUT2D eigenvalue weighted by Gasteiger charge is -2.26. The van der Waals surface area contributed by atoms with Gasteiger partial charge in [0.1, 0.15) is 0 Å². The predicted molar refractivity (Wildman–Crippen MR) is 91.7 cm³/mol. The van der Waals surface area contributed by atoms with Crippen LogP contribution >= 0.6 is 0 Å². The molecule has 2 aliphatic rings. The fourth-order valence-electron chi connectivity index (χ4n) is 3.35.